The standard InChI is InChI=1S/C16H15BrO4/c1-19-14-4-6-16(11(8-14)9-18)21-10-12-7-13(17)3-5-15(12)20-2/h3-9H,10H2,1-2H3. The van der Waals surface area contributed by atoms with Gasteiger partial charge in [0.05, 0.1) is 19.8 Å². The van der Waals surface area contributed by atoms with Crippen molar-refractivity contribution in [1.29, 1.82) is 0 Å². The molecule has 0 aliphatic heterocycles. The van der Waals surface area contributed by atoms with Gasteiger partial charge in [0.2, 0.25) is 0 Å². The van der Waals surface area contributed by atoms with Gasteiger partial charge in [-0.05, 0) is 36.4 Å². The van der Waals surface area contributed by atoms with E-state index in [1.54, 1.807) is 32.4 Å². The molecule has 2 aromatic carbocycles. The van der Waals surface area contributed by atoms with E-state index in [0.717, 1.165) is 22.1 Å². The van der Waals surface area contributed by atoms with Crippen molar-refractivity contribution in [2.45, 2.75) is 6.61 Å². The highest BCUT2D eigenvalue weighted by Gasteiger charge is 2.08. The quantitative estimate of drug-likeness (QED) is 0.742. The maximum Gasteiger partial charge on any atom is 0.153 e. The number of hydrogen-bond acceptors (Lipinski definition) is 4. The summed E-state index contributed by atoms with van der Waals surface area (Å²) in [5.41, 5.74) is 1.34. The summed E-state index contributed by atoms with van der Waals surface area (Å²) in [6, 6.07) is 10.8. The Bertz CT molecular complexity index is 640. The van der Waals surface area contributed by atoms with Crippen LogP contribution in [-0.2, 0) is 6.61 Å². The van der Waals surface area contributed by atoms with E-state index in [0.29, 0.717) is 23.7 Å². The fourth-order valence-electron chi connectivity index (χ4n) is 1.89. The lowest BCUT2D eigenvalue weighted by molar-refractivity contribution is 0.111. The number of halogens is 1. The third-order valence-electron chi connectivity index (χ3n) is 2.97. The van der Waals surface area contributed by atoms with Crippen molar-refractivity contribution in [2.75, 3.05) is 14.2 Å². The second kappa shape index (κ2) is 7.13. The van der Waals surface area contributed by atoms with Crippen LogP contribution in [0.5, 0.6) is 17.2 Å². The molecule has 0 N–H and O–H groups in total. The zero-order chi connectivity index (χ0) is 15.2. The molecule has 2 aromatic rings. The predicted molar refractivity (Wildman–Crippen MR) is 83.4 cm³/mol. The van der Waals surface area contributed by atoms with E-state index >= 15 is 0 Å². The SMILES string of the molecule is COc1ccc(OCc2cc(Br)ccc2OC)c(C=O)c1. The molecule has 0 aliphatic rings. The minimum atomic E-state index is 0.301. The van der Waals surface area contributed by atoms with Gasteiger partial charge in [-0.1, -0.05) is 15.9 Å². The van der Waals surface area contributed by atoms with E-state index in [9.17, 15) is 4.79 Å². The molecule has 21 heavy (non-hydrogen) atoms. The van der Waals surface area contributed by atoms with Crippen LogP contribution in [0.15, 0.2) is 40.9 Å². The molecule has 0 amide bonds. The second-order valence-corrected chi connectivity index (χ2v) is 5.18. The zero-order valence-corrected chi connectivity index (χ0v) is 13.3. The largest absolute Gasteiger partial charge is 0.497 e. The lowest BCUT2D eigenvalue weighted by Crippen LogP contribution is -2.01. The molecule has 0 aromatic heterocycles. The summed E-state index contributed by atoms with van der Waals surface area (Å²) in [6.45, 7) is 0.301. The Labute approximate surface area is 131 Å². The van der Waals surface area contributed by atoms with Crippen molar-refractivity contribution in [3.63, 3.8) is 0 Å². The number of methoxy groups -OCH3 is 2. The Morgan fingerprint density at radius 1 is 1.05 bits per heavy atom. The van der Waals surface area contributed by atoms with E-state index in [1.807, 2.05) is 18.2 Å². The number of ether oxygens (including phenoxy) is 3. The van der Waals surface area contributed by atoms with Crippen molar-refractivity contribution in [2.24, 2.45) is 0 Å². The summed E-state index contributed by atoms with van der Waals surface area (Å²) in [6.07, 6.45) is 0.746. The summed E-state index contributed by atoms with van der Waals surface area (Å²) in [7, 11) is 3.16. The molecular weight excluding hydrogens is 336 g/mol. The second-order valence-electron chi connectivity index (χ2n) is 4.27. The third kappa shape index (κ3) is 3.76. The fraction of sp³-hybridized carbons (Fsp3) is 0.188. The van der Waals surface area contributed by atoms with Gasteiger partial charge in [0, 0.05) is 10.0 Å². The molecule has 5 heteroatoms. The first-order valence-corrected chi connectivity index (χ1v) is 7.05. The average Bonchev–Trinajstić information content (AvgIpc) is 2.52. The third-order valence-corrected chi connectivity index (χ3v) is 3.46. The first-order chi connectivity index (χ1) is 10.2. The Balaban J connectivity index is 2.20. The highest BCUT2D eigenvalue weighted by atomic mass is 79.9. The van der Waals surface area contributed by atoms with Gasteiger partial charge < -0.3 is 14.2 Å². The van der Waals surface area contributed by atoms with Crippen molar-refractivity contribution in [3.8, 4) is 17.2 Å². The molecular formula is C16H15BrO4. The highest BCUT2D eigenvalue weighted by Crippen LogP contribution is 2.27. The van der Waals surface area contributed by atoms with E-state index in [2.05, 4.69) is 15.9 Å². The topological polar surface area (TPSA) is 44.8 Å². The van der Waals surface area contributed by atoms with Crippen molar-refractivity contribution < 1.29 is 19.0 Å². The average molecular weight is 351 g/mol. The van der Waals surface area contributed by atoms with Gasteiger partial charge in [0.1, 0.15) is 23.9 Å². The van der Waals surface area contributed by atoms with Crippen LogP contribution in [-0.4, -0.2) is 20.5 Å². The van der Waals surface area contributed by atoms with Crippen LogP contribution in [0.1, 0.15) is 15.9 Å². The molecule has 0 atom stereocenters. The summed E-state index contributed by atoms with van der Waals surface area (Å²) < 4.78 is 17.0. The summed E-state index contributed by atoms with van der Waals surface area (Å²) in [5, 5.41) is 0. The molecule has 0 bridgehead atoms. The van der Waals surface area contributed by atoms with Gasteiger partial charge in [-0.2, -0.15) is 0 Å². The lowest BCUT2D eigenvalue weighted by atomic mass is 10.2. The monoisotopic (exact) mass is 350 g/mol. The van der Waals surface area contributed by atoms with Gasteiger partial charge in [-0.3, -0.25) is 4.79 Å². The normalized spacial score (nSPS) is 10.0. The van der Waals surface area contributed by atoms with Crippen LogP contribution < -0.4 is 14.2 Å². The Hall–Kier alpha value is -2.01. The van der Waals surface area contributed by atoms with Gasteiger partial charge in [0.25, 0.3) is 0 Å². The van der Waals surface area contributed by atoms with Crippen LogP contribution in [0.2, 0.25) is 0 Å². The number of aldehydes is 1. The van der Waals surface area contributed by atoms with E-state index in [-0.39, 0.29) is 0 Å². The summed E-state index contributed by atoms with van der Waals surface area (Å²) in [4.78, 5) is 11.1. The van der Waals surface area contributed by atoms with Crippen molar-refractivity contribution in [1.82, 2.24) is 0 Å². The van der Waals surface area contributed by atoms with Gasteiger partial charge >= 0.3 is 0 Å². The Morgan fingerprint density at radius 2 is 1.81 bits per heavy atom. The van der Waals surface area contributed by atoms with Crippen LogP contribution in [0.3, 0.4) is 0 Å². The Kier molecular flexibility index (Phi) is 5.22. The molecule has 0 radical (unpaired) electrons. The maximum absolute atomic E-state index is 11.1. The number of benzene rings is 2. The summed E-state index contributed by atoms with van der Waals surface area (Å²) in [5.74, 6) is 1.86. The number of rotatable bonds is 6. The van der Waals surface area contributed by atoms with Crippen LogP contribution in [0, 0.1) is 0 Å². The lowest BCUT2D eigenvalue weighted by Gasteiger charge is -2.12. The van der Waals surface area contributed by atoms with Gasteiger partial charge in [-0.15, -0.1) is 0 Å². The number of carbonyl (C=O) groups is 1. The zero-order valence-electron chi connectivity index (χ0n) is 11.8. The van der Waals surface area contributed by atoms with Crippen molar-refractivity contribution >= 4 is 22.2 Å². The van der Waals surface area contributed by atoms with E-state index in [1.165, 1.54) is 0 Å². The number of hydrogen-bond donors (Lipinski definition) is 0. The maximum atomic E-state index is 11.1. The van der Waals surface area contributed by atoms with E-state index < -0.39 is 0 Å². The Morgan fingerprint density at radius 3 is 2.48 bits per heavy atom. The molecule has 0 heterocycles. The molecule has 0 spiro atoms. The predicted octanol–water partition coefficient (Wildman–Crippen LogP) is 3.86. The molecule has 0 saturated heterocycles. The minimum absolute atomic E-state index is 0.301. The van der Waals surface area contributed by atoms with Gasteiger partial charge in [0.15, 0.2) is 6.29 Å². The highest BCUT2D eigenvalue weighted by molar-refractivity contribution is 9.10. The molecule has 0 aliphatic carbocycles. The molecule has 4 nitrogen and oxygen atoms in total. The first-order valence-electron chi connectivity index (χ1n) is 6.26. The van der Waals surface area contributed by atoms with E-state index in [4.69, 9.17) is 14.2 Å². The van der Waals surface area contributed by atoms with Crippen LogP contribution >= 0.6 is 15.9 Å². The van der Waals surface area contributed by atoms with Crippen LogP contribution in [0.4, 0.5) is 0 Å². The van der Waals surface area contributed by atoms with Crippen molar-refractivity contribution in [3.05, 3.63) is 52.0 Å². The van der Waals surface area contributed by atoms with Gasteiger partial charge in [-0.25, -0.2) is 0 Å². The fourth-order valence-corrected chi connectivity index (χ4v) is 2.30. The smallest absolute Gasteiger partial charge is 0.153 e. The molecule has 0 saturated carbocycles. The first kappa shape index (κ1) is 15.4. The van der Waals surface area contributed by atoms with Crippen LogP contribution in [0.25, 0.3) is 0 Å². The molecule has 0 fully saturated rings. The molecule has 2 rings (SSSR count). The summed E-state index contributed by atoms with van der Waals surface area (Å²) >= 11 is 3.41. The minimum Gasteiger partial charge on any atom is -0.497 e. The molecule has 0 unspecified atom stereocenters. The molecule has 110 valence electrons. The number of carbonyl (C=O) groups excluding carboxylic acids is 1.